The molecule has 17 heavy (non-hydrogen) atoms. The van der Waals surface area contributed by atoms with Gasteiger partial charge in [-0.3, -0.25) is 9.98 Å². The van der Waals surface area contributed by atoms with Crippen LogP contribution >= 0.6 is 0 Å². The smallest absolute Gasteiger partial charge is 0.145 e. The van der Waals surface area contributed by atoms with Crippen LogP contribution in [0.25, 0.3) is 10.8 Å². The second-order valence-electron chi connectivity index (χ2n) is 3.64. The summed E-state index contributed by atoms with van der Waals surface area (Å²) in [5.74, 6) is 0.457. The third-order valence-corrected chi connectivity index (χ3v) is 2.49. The topological polar surface area (TPSA) is 60.5 Å². The second-order valence-corrected chi connectivity index (χ2v) is 3.64. The van der Waals surface area contributed by atoms with Gasteiger partial charge in [0.15, 0.2) is 0 Å². The van der Waals surface area contributed by atoms with E-state index in [1.807, 2.05) is 30.3 Å². The van der Waals surface area contributed by atoms with Crippen molar-refractivity contribution in [3.05, 3.63) is 42.2 Å². The summed E-state index contributed by atoms with van der Waals surface area (Å²) in [6, 6.07) is 9.95. The molecule has 0 aliphatic rings. The van der Waals surface area contributed by atoms with Gasteiger partial charge in [-0.05, 0) is 11.5 Å². The fraction of sp³-hybridized carbons (Fsp3) is 0.231. The van der Waals surface area contributed by atoms with Gasteiger partial charge in [0, 0.05) is 18.7 Å². The van der Waals surface area contributed by atoms with E-state index < -0.39 is 0 Å². The van der Waals surface area contributed by atoms with Gasteiger partial charge in [0.1, 0.15) is 11.5 Å². The van der Waals surface area contributed by atoms with Crippen LogP contribution in [0.2, 0.25) is 0 Å². The number of hydrogen-bond acceptors (Lipinski definition) is 3. The van der Waals surface area contributed by atoms with Crippen LogP contribution in [0.5, 0.6) is 0 Å². The first-order chi connectivity index (χ1) is 8.33. The lowest BCUT2D eigenvalue weighted by atomic mass is 10.1. The lowest BCUT2D eigenvalue weighted by Crippen LogP contribution is -2.17. The molecule has 0 saturated heterocycles. The molecule has 0 aliphatic carbocycles. The normalized spacial score (nSPS) is 11.9. The van der Waals surface area contributed by atoms with Crippen LogP contribution in [0, 0.1) is 0 Å². The molecule has 0 fully saturated rings. The number of rotatable bonds is 4. The van der Waals surface area contributed by atoms with Gasteiger partial charge in [0.2, 0.25) is 0 Å². The molecule has 88 valence electrons. The summed E-state index contributed by atoms with van der Waals surface area (Å²) in [6.45, 7) is 1.11. The van der Waals surface area contributed by atoms with E-state index in [1.54, 1.807) is 13.3 Å². The number of aromatic nitrogens is 1. The molecular formula is C13H15N3O. The lowest BCUT2D eigenvalue weighted by molar-refractivity contribution is 0.208. The van der Waals surface area contributed by atoms with Crippen molar-refractivity contribution in [1.29, 1.82) is 0 Å². The van der Waals surface area contributed by atoms with Gasteiger partial charge < -0.3 is 10.5 Å². The van der Waals surface area contributed by atoms with Crippen molar-refractivity contribution in [2.24, 2.45) is 10.7 Å². The maximum atomic E-state index is 5.93. The Hall–Kier alpha value is -1.94. The molecule has 0 aliphatic heterocycles. The van der Waals surface area contributed by atoms with Gasteiger partial charge in [-0.1, -0.05) is 24.3 Å². The molecule has 2 aromatic rings. The summed E-state index contributed by atoms with van der Waals surface area (Å²) < 4.78 is 4.93. The van der Waals surface area contributed by atoms with Crippen molar-refractivity contribution in [1.82, 2.24) is 4.98 Å². The molecule has 0 spiro atoms. The van der Waals surface area contributed by atoms with E-state index in [4.69, 9.17) is 10.5 Å². The zero-order valence-electron chi connectivity index (χ0n) is 9.76. The summed E-state index contributed by atoms with van der Waals surface area (Å²) >= 11 is 0. The van der Waals surface area contributed by atoms with Crippen molar-refractivity contribution in [3.8, 4) is 0 Å². The Morgan fingerprint density at radius 2 is 2.18 bits per heavy atom. The molecule has 1 aromatic carbocycles. The number of pyridine rings is 1. The van der Waals surface area contributed by atoms with Crippen LogP contribution in [0.4, 0.5) is 0 Å². The van der Waals surface area contributed by atoms with Crippen LogP contribution in [0.15, 0.2) is 41.5 Å². The van der Waals surface area contributed by atoms with Crippen molar-refractivity contribution in [3.63, 3.8) is 0 Å². The predicted molar refractivity (Wildman–Crippen MR) is 69.2 cm³/mol. The number of ether oxygens (including phenoxy) is 1. The Kier molecular flexibility index (Phi) is 3.67. The molecule has 0 atom stereocenters. The minimum absolute atomic E-state index is 0.457. The number of nitrogens with two attached hydrogens (primary N) is 1. The van der Waals surface area contributed by atoms with Crippen LogP contribution < -0.4 is 5.73 Å². The summed E-state index contributed by atoms with van der Waals surface area (Å²) in [5.41, 5.74) is 6.67. The summed E-state index contributed by atoms with van der Waals surface area (Å²) in [4.78, 5) is 8.53. The van der Waals surface area contributed by atoms with Crippen LogP contribution in [-0.4, -0.2) is 31.1 Å². The average molecular weight is 229 g/mol. The average Bonchev–Trinajstić information content (AvgIpc) is 2.38. The van der Waals surface area contributed by atoms with E-state index in [9.17, 15) is 0 Å². The molecule has 4 heteroatoms. The van der Waals surface area contributed by atoms with Gasteiger partial charge in [0.05, 0.1) is 13.2 Å². The maximum Gasteiger partial charge on any atom is 0.145 e. The minimum Gasteiger partial charge on any atom is -0.383 e. The highest BCUT2D eigenvalue weighted by Gasteiger charge is 2.05. The molecule has 1 heterocycles. The third kappa shape index (κ3) is 2.60. The third-order valence-electron chi connectivity index (χ3n) is 2.49. The van der Waals surface area contributed by atoms with Crippen molar-refractivity contribution in [2.45, 2.75) is 0 Å². The highest BCUT2D eigenvalue weighted by molar-refractivity contribution is 6.07. The summed E-state index contributed by atoms with van der Waals surface area (Å²) in [6.07, 6.45) is 1.75. The summed E-state index contributed by atoms with van der Waals surface area (Å²) in [5, 5.41) is 2.14. The molecule has 0 saturated carbocycles. The molecule has 1 aromatic heterocycles. The number of fused-ring (bicyclic) bond motifs is 1. The zero-order chi connectivity index (χ0) is 12.1. The van der Waals surface area contributed by atoms with Crippen molar-refractivity contribution >= 4 is 16.6 Å². The molecule has 0 bridgehead atoms. The maximum absolute atomic E-state index is 5.93. The van der Waals surface area contributed by atoms with Gasteiger partial charge >= 0.3 is 0 Å². The number of aliphatic imine (C=N–C) groups is 1. The predicted octanol–water partition coefficient (Wildman–Crippen LogP) is 1.59. The first kappa shape index (κ1) is 11.5. The monoisotopic (exact) mass is 229 g/mol. The standard InChI is InChI=1S/C13H15N3O/c1-17-9-8-16-13(14)12-11-5-3-2-4-10(11)6-7-15-12/h2-7H,8-9H2,1H3,(H2,14,16). The molecule has 0 radical (unpaired) electrons. The fourth-order valence-electron chi connectivity index (χ4n) is 1.66. The van der Waals surface area contributed by atoms with Crippen LogP contribution in [-0.2, 0) is 4.74 Å². The molecular weight excluding hydrogens is 214 g/mol. The van der Waals surface area contributed by atoms with Crippen LogP contribution in [0.3, 0.4) is 0 Å². The summed E-state index contributed by atoms with van der Waals surface area (Å²) in [7, 11) is 1.64. The highest BCUT2D eigenvalue weighted by atomic mass is 16.5. The van der Waals surface area contributed by atoms with E-state index in [2.05, 4.69) is 9.98 Å². The van der Waals surface area contributed by atoms with Crippen molar-refractivity contribution in [2.75, 3.05) is 20.3 Å². The first-order valence-electron chi connectivity index (χ1n) is 5.46. The highest BCUT2D eigenvalue weighted by Crippen LogP contribution is 2.15. The Morgan fingerprint density at radius 1 is 1.35 bits per heavy atom. The van der Waals surface area contributed by atoms with Gasteiger partial charge in [-0.15, -0.1) is 0 Å². The first-order valence-corrected chi connectivity index (χ1v) is 5.46. The lowest BCUT2D eigenvalue weighted by Gasteiger charge is -2.04. The zero-order valence-corrected chi connectivity index (χ0v) is 9.76. The van der Waals surface area contributed by atoms with E-state index in [0.29, 0.717) is 19.0 Å². The Bertz CT molecular complexity index is 532. The number of hydrogen-bond donors (Lipinski definition) is 1. The molecule has 2 rings (SSSR count). The number of benzene rings is 1. The number of methoxy groups -OCH3 is 1. The minimum atomic E-state index is 0.457. The molecule has 4 nitrogen and oxygen atoms in total. The SMILES string of the molecule is COCCN=C(N)c1nccc2ccccc12. The largest absolute Gasteiger partial charge is 0.383 e. The fourth-order valence-corrected chi connectivity index (χ4v) is 1.66. The molecule has 0 unspecified atom stereocenters. The Labute approximate surface area is 100 Å². The van der Waals surface area contributed by atoms with Gasteiger partial charge in [-0.25, -0.2) is 0 Å². The van der Waals surface area contributed by atoms with Crippen molar-refractivity contribution < 1.29 is 4.74 Å². The van der Waals surface area contributed by atoms with Gasteiger partial charge in [0.25, 0.3) is 0 Å². The van der Waals surface area contributed by atoms with Gasteiger partial charge in [-0.2, -0.15) is 0 Å². The molecule has 2 N–H and O–H groups in total. The van der Waals surface area contributed by atoms with E-state index in [-0.39, 0.29) is 0 Å². The number of nitrogens with zero attached hydrogens (tertiary/aromatic N) is 2. The quantitative estimate of drug-likeness (QED) is 0.492. The van der Waals surface area contributed by atoms with E-state index in [1.165, 1.54) is 0 Å². The Balaban J connectivity index is 2.38. The number of amidine groups is 1. The molecule has 0 amide bonds. The Morgan fingerprint density at radius 3 is 3.00 bits per heavy atom. The van der Waals surface area contributed by atoms with Crippen LogP contribution in [0.1, 0.15) is 5.69 Å². The second kappa shape index (κ2) is 5.41. The van der Waals surface area contributed by atoms with E-state index in [0.717, 1.165) is 16.5 Å². The van der Waals surface area contributed by atoms with E-state index >= 15 is 0 Å².